The van der Waals surface area contributed by atoms with Crippen LogP contribution in [-0.2, 0) is 0 Å². The summed E-state index contributed by atoms with van der Waals surface area (Å²) in [5.41, 5.74) is 16.9. The smallest absolute Gasteiger partial charge is 0.164 e. The molecule has 0 saturated carbocycles. The van der Waals surface area contributed by atoms with E-state index in [2.05, 4.69) is 215 Å². The summed E-state index contributed by atoms with van der Waals surface area (Å²) in [6, 6.07) is 90.3. The number of benzene rings is 12. The highest BCUT2D eigenvalue weighted by molar-refractivity contribution is 6.24. The van der Waals surface area contributed by atoms with Crippen LogP contribution in [0.2, 0.25) is 0 Å². The summed E-state index contributed by atoms with van der Waals surface area (Å²) in [7, 11) is 0. The van der Waals surface area contributed by atoms with Gasteiger partial charge in [0, 0.05) is 49.6 Å². The third-order valence-electron chi connectivity index (χ3n) is 15.3. The number of para-hydroxylation sites is 2. The van der Waals surface area contributed by atoms with Gasteiger partial charge in [-0.3, -0.25) is 0 Å². The minimum atomic E-state index is -0.430. The SMILES string of the molecule is [2H]c1c([2H])c([2H])c(-c2ccc(-n3c4ccccc4c4ccc5c6ccccc6n(-c6cc(-c7ccccc7)cc(-c7nc(-c8ccc(-c9ccccc9)cc8)nc(-c8ccc(-c9ccccc9)cc8)n7)c6)c5c43)cc2-c2ccccc2)c([2H])c1[2H]. The highest BCUT2D eigenvalue weighted by Crippen LogP contribution is 2.44. The first-order valence-corrected chi connectivity index (χ1v) is 26.8. The molecule has 3 heterocycles. The predicted octanol–water partition coefficient (Wildman–Crippen LogP) is 19.4. The fraction of sp³-hybridized carbons (Fsp3) is 0. The monoisotopic (exact) mass is 1020 g/mol. The molecule has 0 aliphatic carbocycles. The second-order valence-electron chi connectivity index (χ2n) is 20.0. The van der Waals surface area contributed by atoms with Gasteiger partial charge in [0.1, 0.15) is 0 Å². The van der Waals surface area contributed by atoms with E-state index in [9.17, 15) is 0 Å². The Morgan fingerprint density at radius 2 is 0.650 bits per heavy atom. The van der Waals surface area contributed by atoms with Crippen molar-refractivity contribution in [3.05, 3.63) is 297 Å². The first-order chi connectivity index (χ1) is 41.7. The van der Waals surface area contributed by atoms with E-state index in [0.717, 1.165) is 116 Å². The van der Waals surface area contributed by atoms with Crippen molar-refractivity contribution < 1.29 is 6.85 Å². The third-order valence-corrected chi connectivity index (χ3v) is 15.3. The Kier molecular flexibility index (Phi) is 10.2. The van der Waals surface area contributed by atoms with Gasteiger partial charge in [-0.1, -0.05) is 255 Å². The van der Waals surface area contributed by atoms with Gasteiger partial charge in [0.05, 0.1) is 28.9 Å². The molecule has 15 aromatic rings. The second-order valence-corrected chi connectivity index (χ2v) is 20.0. The van der Waals surface area contributed by atoms with Crippen molar-refractivity contribution in [2.75, 3.05) is 0 Å². The summed E-state index contributed by atoms with van der Waals surface area (Å²) >= 11 is 0. The van der Waals surface area contributed by atoms with Crippen LogP contribution in [0.5, 0.6) is 0 Å². The average Bonchev–Trinajstić information content (AvgIpc) is 1.65. The maximum atomic E-state index is 9.11. The molecule has 0 atom stereocenters. The zero-order valence-corrected chi connectivity index (χ0v) is 43.1. The van der Waals surface area contributed by atoms with E-state index in [4.69, 9.17) is 21.8 Å². The molecule has 0 N–H and O–H groups in total. The highest BCUT2D eigenvalue weighted by atomic mass is 15.1. The van der Waals surface area contributed by atoms with Crippen LogP contribution < -0.4 is 0 Å². The first kappa shape index (κ1) is 41.4. The van der Waals surface area contributed by atoms with Crippen LogP contribution in [0.1, 0.15) is 6.85 Å². The molecule has 374 valence electrons. The molecular formula is C75H49N5. The molecule has 0 fully saturated rings. The normalized spacial score (nSPS) is 12.4. The lowest BCUT2D eigenvalue weighted by molar-refractivity contribution is 1.07. The van der Waals surface area contributed by atoms with Crippen LogP contribution in [0.3, 0.4) is 0 Å². The van der Waals surface area contributed by atoms with Crippen molar-refractivity contribution in [3.8, 4) is 101 Å². The molecule has 5 heteroatoms. The van der Waals surface area contributed by atoms with E-state index < -0.39 is 6.04 Å². The van der Waals surface area contributed by atoms with Gasteiger partial charge >= 0.3 is 0 Å². The Hall–Kier alpha value is -10.8. The van der Waals surface area contributed by atoms with Crippen molar-refractivity contribution in [2.24, 2.45) is 0 Å². The lowest BCUT2D eigenvalue weighted by atomic mass is 9.94. The minimum Gasteiger partial charge on any atom is -0.307 e. The quantitative estimate of drug-likeness (QED) is 0.137. The molecule has 5 nitrogen and oxygen atoms in total. The van der Waals surface area contributed by atoms with Crippen LogP contribution in [0.4, 0.5) is 0 Å². The number of hydrogen-bond donors (Lipinski definition) is 0. The highest BCUT2D eigenvalue weighted by Gasteiger charge is 2.24. The van der Waals surface area contributed by atoms with Gasteiger partial charge in [0.25, 0.3) is 0 Å². The van der Waals surface area contributed by atoms with Crippen LogP contribution in [0.25, 0.3) is 145 Å². The summed E-state index contributed by atoms with van der Waals surface area (Å²) < 4.78 is 48.7. The summed E-state index contributed by atoms with van der Waals surface area (Å²) in [6.07, 6.45) is 0. The Labute approximate surface area is 470 Å². The van der Waals surface area contributed by atoms with E-state index in [0.29, 0.717) is 23.0 Å². The Bertz CT molecular complexity index is 4960. The molecule has 80 heavy (non-hydrogen) atoms. The first-order valence-electron chi connectivity index (χ1n) is 29.3. The number of aromatic nitrogens is 5. The largest absolute Gasteiger partial charge is 0.307 e. The maximum absolute atomic E-state index is 9.11. The number of nitrogens with zero attached hydrogens (tertiary/aromatic N) is 5. The van der Waals surface area contributed by atoms with Crippen molar-refractivity contribution in [1.82, 2.24) is 24.1 Å². The lowest BCUT2D eigenvalue weighted by Crippen LogP contribution is -2.02. The second kappa shape index (κ2) is 19.7. The van der Waals surface area contributed by atoms with Crippen molar-refractivity contribution in [1.29, 1.82) is 0 Å². The number of hydrogen-bond acceptors (Lipinski definition) is 3. The zero-order valence-electron chi connectivity index (χ0n) is 48.1. The van der Waals surface area contributed by atoms with E-state index in [1.165, 1.54) is 0 Å². The fourth-order valence-electron chi connectivity index (χ4n) is 11.5. The molecule has 0 aliphatic rings. The molecule has 3 aromatic heterocycles. The maximum Gasteiger partial charge on any atom is 0.164 e. The van der Waals surface area contributed by atoms with Crippen LogP contribution in [-0.4, -0.2) is 24.1 Å². The van der Waals surface area contributed by atoms with Crippen molar-refractivity contribution >= 4 is 43.6 Å². The van der Waals surface area contributed by atoms with Gasteiger partial charge in [0.15, 0.2) is 17.5 Å². The van der Waals surface area contributed by atoms with Gasteiger partial charge in [0.2, 0.25) is 0 Å². The van der Waals surface area contributed by atoms with Gasteiger partial charge < -0.3 is 9.13 Å². The Morgan fingerprint density at radius 1 is 0.250 bits per heavy atom. The summed E-state index contributed by atoms with van der Waals surface area (Å²) in [5, 5.41) is 4.24. The van der Waals surface area contributed by atoms with Gasteiger partial charge in [-0.15, -0.1) is 0 Å². The average molecular weight is 1030 g/mol. The van der Waals surface area contributed by atoms with Gasteiger partial charge in [-0.25, -0.2) is 15.0 Å². The molecule has 0 bridgehead atoms. The summed E-state index contributed by atoms with van der Waals surface area (Å²) in [4.78, 5) is 16.0. The zero-order chi connectivity index (χ0) is 57.3. The van der Waals surface area contributed by atoms with E-state index in [-0.39, 0.29) is 29.7 Å². The molecule has 0 saturated heterocycles. The third kappa shape index (κ3) is 8.24. The summed E-state index contributed by atoms with van der Waals surface area (Å²) in [5.74, 6) is 1.62. The predicted molar refractivity (Wildman–Crippen MR) is 332 cm³/mol. The molecule has 0 radical (unpaired) electrons. The Balaban J connectivity index is 0.988. The fourth-order valence-corrected chi connectivity index (χ4v) is 11.5. The molecule has 0 amide bonds. The van der Waals surface area contributed by atoms with Gasteiger partial charge in [-0.2, -0.15) is 0 Å². The Morgan fingerprint density at radius 3 is 1.16 bits per heavy atom. The molecule has 0 spiro atoms. The molecule has 0 aliphatic heterocycles. The lowest BCUT2D eigenvalue weighted by Gasteiger charge is -2.17. The van der Waals surface area contributed by atoms with Gasteiger partial charge in [-0.05, 0) is 98.1 Å². The molecule has 12 aromatic carbocycles. The molecule has 0 unspecified atom stereocenters. The molecule has 15 rings (SSSR count). The van der Waals surface area contributed by atoms with E-state index >= 15 is 0 Å². The minimum absolute atomic E-state index is 0.148. The number of fused-ring (bicyclic) bond motifs is 7. The van der Waals surface area contributed by atoms with E-state index in [1.807, 2.05) is 60.7 Å². The standard InChI is InChI=1S/C75H49N5/c1-6-20-50(21-7-1)53-34-38-57(39-35-53)73-76-74(58-40-36-54(37-41-58)51-22-8-2-9-23-51)78-75(77-73)60-46-59(52-24-10-3-11-25-52)47-62(48-60)80-70-33-19-17-31-65(70)67-45-44-66-64-30-16-18-32-69(64)79(71(66)72(67)80)61-42-43-63(55-26-12-4-13-27-55)68(49-61)56-28-14-5-15-29-56/h1-49H/i4D,12D,13D,26D,27D. The molecular weight excluding hydrogens is 971 g/mol. The summed E-state index contributed by atoms with van der Waals surface area (Å²) in [6.45, 7) is 0. The number of rotatable bonds is 10. The topological polar surface area (TPSA) is 48.5 Å². The van der Waals surface area contributed by atoms with Crippen LogP contribution in [0.15, 0.2) is 297 Å². The van der Waals surface area contributed by atoms with E-state index in [1.54, 1.807) is 0 Å². The van der Waals surface area contributed by atoms with Crippen molar-refractivity contribution in [3.63, 3.8) is 0 Å². The van der Waals surface area contributed by atoms with Crippen LogP contribution in [0, 0.1) is 0 Å². The van der Waals surface area contributed by atoms with Crippen molar-refractivity contribution in [2.45, 2.75) is 0 Å². The van der Waals surface area contributed by atoms with Crippen LogP contribution >= 0.6 is 0 Å².